The van der Waals surface area contributed by atoms with E-state index < -0.39 is 6.10 Å². The lowest BCUT2D eigenvalue weighted by Gasteiger charge is -2.06. The van der Waals surface area contributed by atoms with E-state index in [1.54, 1.807) is 6.20 Å². The van der Waals surface area contributed by atoms with Crippen molar-refractivity contribution in [3.05, 3.63) is 30.1 Å². The minimum Gasteiger partial charge on any atom is -0.387 e. The third-order valence-electron chi connectivity index (χ3n) is 2.34. The number of hydrogen-bond acceptors (Lipinski definition) is 4. The number of H-pyrrole nitrogens is 1. The Balaban J connectivity index is 1.91. The van der Waals surface area contributed by atoms with E-state index in [9.17, 15) is 5.11 Å². The summed E-state index contributed by atoms with van der Waals surface area (Å²) in [6.45, 7) is 0. The lowest BCUT2D eigenvalue weighted by molar-refractivity contribution is 0.162. The fraction of sp³-hybridized carbons (Fsp3) is 0.444. The van der Waals surface area contributed by atoms with Gasteiger partial charge < -0.3 is 9.67 Å². The van der Waals surface area contributed by atoms with E-state index >= 15 is 0 Å². The third-order valence-corrected chi connectivity index (χ3v) is 2.34. The zero-order chi connectivity index (χ0) is 10.7. The van der Waals surface area contributed by atoms with Gasteiger partial charge in [-0.1, -0.05) is 0 Å². The number of aliphatic hydroxyl groups excluding tert-OH is 1. The molecule has 0 saturated carbocycles. The fourth-order valence-electron chi connectivity index (χ4n) is 1.42. The van der Waals surface area contributed by atoms with Gasteiger partial charge in [-0.15, -0.1) is 0 Å². The van der Waals surface area contributed by atoms with Gasteiger partial charge in [0.2, 0.25) is 0 Å². The van der Waals surface area contributed by atoms with Crippen molar-refractivity contribution in [3.63, 3.8) is 0 Å². The van der Waals surface area contributed by atoms with Crippen molar-refractivity contribution in [1.29, 1.82) is 0 Å². The zero-order valence-corrected chi connectivity index (χ0v) is 8.46. The first kappa shape index (κ1) is 9.85. The molecule has 0 aliphatic heterocycles. The Hall–Kier alpha value is -1.69. The maximum Gasteiger partial charge on any atom is 0.111 e. The number of nitrogens with zero attached hydrogens (tertiary/aromatic N) is 4. The second-order valence-corrected chi connectivity index (χ2v) is 3.40. The van der Waals surface area contributed by atoms with Crippen LogP contribution in [-0.4, -0.2) is 30.1 Å². The molecule has 0 saturated heterocycles. The first-order chi connectivity index (χ1) is 7.27. The van der Waals surface area contributed by atoms with E-state index in [0.29, 0.717) is 12.1 Å². The average Bonchev–Trinajstić information content (AvgIpc) is 2.85. The molecule has 1 unspecified atom stereocenters. The average molecular weight is 207 g/mol. The highest BCUT2D eigenvalue weighted by Crippen LogP contribution is 2.14. The van der Waals surface area contributed by atoms with Crippen molar-refractivity contribution in [1.82, 2.24) is 25.0 Å². The van der Waals surface area contributed by atoms with Crippen LogP contribution in [0.1, 0.15) is 24.0 Å². The van der Waals surface area contributed by atoms with Crippen LogP contribution < -0.4 is 0 Å². The van der Waals surface area contributed by atoms with Crippen molar-refractivity contribution >= 4 is 0 Å². The molecule has 0 bridgehead atoms. The van der Waals surface area contributed by atoms with Crippen LogP contribution in [0.3, 0.4) is 0 Å². The molecule has 2 heterocycles. The predicted molar refractivity (Wildman–Crippen MR) is 52.9 cm³/mol. The quantitative estimate of drug-likeness (QED) is 0.750. The largest absolute Gasteiger partial charge is 0.387 e. The van der Waals surface area contributed by atoms with Gasteiger partial charge in [0.25, 0.3) is 0 Å². The zero-order valence-electron chi connectivity index (χ0n) is 8.46. The van der Waals surface area contributed by atoms with Crippen molar-refractivity contribution in [3.8, 4) is 0 Å². The molecule has 2 aromatic heterocycles. The van der Waals surface area contributed by atoms with Gasteiger partial charge in [-0.05, 0) is 6.42 Å². The molecule has 1 atom stereocenters. The van der Waals surface area contributed by atoms with E-state index in [-0.39, 0.29) is 0 Å². The SMILES string of the molecule is Cn1ccnc1CCC(O)c1cn[nH]n1. The Morgan fingerprint density at radius 2 is 2.47 bits per heavy atom. The van der Waals surface area contributed by atoms with Gasteiger partial charge in [0, 0.05) is 25.9 Å². The Morgan fingerprint density at radius 1 is 1.60 bits per heavy atom. The Bertz CT molecular complexity index is 408. The molecule has 0 aliphatic carbocycles. The van der Waals surface area contributed by atoms with Gasteiger partial charge in [-0.3, -0.25) is 0 Å². The Kier molecular flexibility index (Phi) is 2.77. The third kappa shape index (κ3) is 2.21. The molecule has 6 nitrogen and oxygen atoms in total. The standard InChI is InChI=1S/C9H13N5O/c1-14-5-4-10-9(14)3-2-8(15)7-6-11-13-12-7/h4-6,8,15H,2-3H2,1H3,(H,11,12,13). The molecule has 80 valence electrons. The molecule has 0 amide bonds. The van der Waals surface area contributed by atoms with E-state index in [1.807, 2.05) is 17.8 Å². The lowest BCUT2D eigenvalue weighted by Crippen LogP contribution is -2.03. The predicted octanol–water partition coefficient (Wildman–Crippen LogP) is 0.204. The number of aromatic nitrogens is 5. The van der Waals surface area contributed by atoms with Crippen LogP contribution in [0.2, 0.25) is 0 Å². The van der Waals surface area contributed by atoms with Crippen LogP contribution in [-0.2, 0) is 13.5 Å². The van der Waals surface area contributed by atoms with Gasteiger partial charge in [0.1, 0.15) is 11.5 Å². The summed E-state index contributed by atoms with van der Waals surface area (Å²) in [4.78, 5) is 4.18. The summed E-state index contributed by atoms with van der Waals surface area (Å²) in [6.07, 6.45) is 5.90. The molecule has 15 heavy (non-hydrogen) atoms. The number of nitrogens with one attached hydrogen (secondary N) is 1. The number of hydrogen-bond donors (Lipinski definition) is 2. The van der Waals surface area contributed by atoms with Crippen LogP contribution in [0.5, 0.6) is 0 Å². The highest BCUT2D eigenvalue weighted by atomic mass is 16.3. The van der Waals surface area contributed by atoms with Gasteiger partial charge in [0.05, 0.1) is 12.3 Å². The number of aromatic amines is 1. The summed E-state index contributed by atoms with van der Waals surface area (Å²) in [5, 5.41) is 19.7. The highest BCUT2D eigenvalue weighted by Gasteiger charge is 2.11. The normalized spacial score (nSPS) is 12.9. The summed E-state index contributed by atoms with van der Waals surface area (Å²) in [5.41, 5.74) is 0.573. The van der Waals surface area contributed by atoms with Crippen molar-refractivity contribution in [2.45, 2.75) is 18.9 Å². The summed E-state index contributed by atoms with van der Waals surface area (Å²) in [6, 6.07) is 0. The summed E-state index contributed by atoms with van der Waals surface area (Å²) in [5.74, 6) is 0.956. The first-order valence-corrected chi connectivity index (χ1v) is 4.77. The highest BCUT2D eigenvalue weighted by molar-refractivity contribution is 4.98. The number of aliphatic hydroxyl groups is 1. The second kappa shape index (κ2) is 4.22. The molecule has 2 N–H and O–H groups in total. The molecule has 0 spiro atoms. The van der Waals surface area contributed by atoms with Gasteiger partial charge in [0.15, 0.2) is 0 Å². The molecule has 6 heteroatoms. The van der Waals surface area contributed by atoms with Crippen LogP contribution in [0.4, 0.5) is 0 Å². The smallest absolute Gasteiger partial charge is 0.111 e. The number of imidazole rings is 1. The van der Waals surface area contributed by atoms with Crippen LogP contribution >= 0.6 is 0 Å². The molecule has 0 fully saturated rings. The maximum absolute atomic E-state index is 9.74. The number of rotatable bonds is 4. The van der Waals surface area contributed by atoms with Gasteiger partial charge in [-0.2, -0.15) is 15.4 Å². The van der Waals surface area contributed by atoms with Crippen molar-refractivity contribution < 1.29 is 5.11 Å². The molecule has 0 aliphatic rings. The van der Waals surface area contributed by atoms with Crippen LogP contribution in [0.25, 0.3) is 0 Å². The molecule has 2 rings (SSSR count). The van der Waals surface area contributed by atoms with E-state index in [2.05, 4.69) is 20.4 Å². The van der Waals surface area contributed by atoms with Crippen molar-refractivity contribution in [2.75, 3.05) is 0 Å². The Labute approximate surface area is 87.0 Å². The molecular weight excluding hydrogens is 194 g/mol. The lowest BCUT2D eigenvalue weighted by atomic mass is 10.1. The monoisotopic (exact) mass is 207 g/mol. The first-order valence-electron chi connectivity index (χ1n) is 4.77. The fourth-order valence-corrected chi connectivity index (χ4v) is 1.42. The van der Waals surface area contributed by atoms with Gasteiger partial charge in [-0.25, -0.2) is 4.98 Å². The topological polar surface area (TPSA) is 79.6 Å². The second-order valence-electron chi connectivity index (χ2n) is 3.40. The summed E-state index contributed by atoms with van der Waals surface area (Å²) >= 11 is 0. The molecule has 0 aromatic carbocycles. The minimum absolute atomic E-state index is 0.573. The Morgan fingerprint density at radius 3 is 3.07 bits per heavy atom. The van der Waals surface area contributed by atoms with Crippen LogP contribution in [0.15, 0.2) is 18.6 Å². The molecular formula is C9H13N5O. The summed E-state index contributed by atoms with van der Waals surface area (Å²) in [7, 11) is 1.94. The number of aryl methyl sites for hydroxylation is 2. The molecule has 2 aromatic rings. The maximum atomic E-state index is 9.74. The van der Waals surface area contributed by atoms with Crippen LogP contribution in [0, 0.1) is 0 Å². The molecule has 0 radical (unpaired) electrons. The van der Waals surface area contributed by atoms with Gasteiger partial charge >= 0.3 is 0 Å². The van der Waals surface area contributed by atoms with E-state index in [4.69, 9.17) is 0 Å². The van der Waals surface area contributed by atoms with E-state index in [1.165, 1.54) is 6.20 Å². The minimum atomic E-state index is -0.583. The van der Waals surface area contributed by atoms with E-state index in [0.717, 1.165) is 12.2 Å². The summed E-state index contributed by atoms with van der Waals surface area (Å²) < 4.78 is 1.94. The van der Waals surface area contributed by atoms with Crippen molar-refractivity contribution in [2.24, 2.45) is 7.05 Å².